The summed E-state index contributed by atoms with van der Waals surface area (Å²) >= 11 is 0. The highest BCUT2D eigenvalue weighted by Crippen LogP contribution is 2.33. The van der Waals surface area contributed by atoms with E-state index in [1.807, 2.05) is 6.92 Å². The highest BCUT2D eigenvalue weighted by atomic mass is 127. The van der Waals surface area contributed by atoms with Crippen molar-refractivity contribution in [3.63, 3.8) is 0 Å². The molecule has 0 amide bonds. The molecule has 0 aliphatic heterocycles. The monoisotopic (exact) mass is 513 g/mol. The third kappa shape index (κ3) is 7.57. The Hall–Kier alpha value is -1.36. The Morgan fingerprint density at radius 2 is 2.07 bits per heavy atom. The van der Waals surface area contributed by atoms with Crippen molar-refractivity contribution in [2.75, 3.05) is 19.7 Å². The number of rotatable bonds is 9. The molecular weight excluding hydrogens is 483 g/mol. The second-order valence-corrected chi connectivity index (χ2v) is 6.39. The molecule has 1 aliphatic carbocycles. The Morgan fingerprint density at radius 3 is 2.68 bits per heavy atom. The molecule has 2 rings (SSSR count). The number of aliphatic imine (C=N–C) groups is 1. The molecule has 6 nitrogen and oxygen atoms in total. The lowest BCUT2D eigenvalue weighted by molar-refractivity contribution is -0.0520. The van der Waals surface area contributed by atoms with Gasteiger partial charge >= 0.3 is 6.61 Å². The normalized spacial score (nSPS) is 19.3. The summed E-state index contributed by atoms with van der Waals surface area (Å²) in [4.78, 5) is 4.47. The van der Waals surface area contributed by atoms with Crippen LogP contribution in [0, 0.1) is 5.92 Å². The number of guanidine groups is 1. The third-order valence-electron chi connectivity index (χ3n) is 4.47. The summed E-state index contributed by atoms with van der Waals surface area (Å²) < 4.78 is 35.7. The van der Waals surface area contributed by atoms with Gasteiger partial charge in [-0.3, -0.25) is 0 Å². The average molecular weight is 513 g/mol. The van der Waals surface area contributed by atoms with E-state index in [0.717, 1.165) is 19.3 Å². The van der Waals surface area contributed by atoms with E-state index in [9.17, 15) is 13.9 Å². The molecule has 1 fully saturated rings. The number of nitrogens with zero attached hydrogens (tertiary/aromatic N) is 1. The molecule has 160 valence electrons. The van der Waals surface area contributed by atoms with Gasteiger partial charge in [-0.2, -0.15) is 8.78 Å². The van der Waals surface area contributed by atoms with Crippen LogP contribution in [0.15, 0.2) is 23.2 Å². The predicted molar refractivity (Wildman–Crippen MR) is 116 cm³/mol. The van der Waals surface area contributed by atoms with Crippen LogP contribution >= 0.6 is 24.0 Å². The summed E-state index contributed by atoms with van der Waals surface area (Å²) in [5.74, 6) is 1.06. The number of hydrogen-bond donors (Lipinski definition) is 3. The molecule has 0 saturated heterocycles. The van der Waals surface area contributed by atoms with Gasteiger partial charge in [-0.1, -0.05) is 18.6 Å². The first kappa shape index (κ1) is 24.7. The van der Waals surface area contributed by atoms with Gasteiger partial charge in [-0.15, -0.1) is 24.0 Å². The SMILES string of the molecule is CCNC(=NCc1cccc(OCC)c1OC(F)F)NCC1CCCC1O.I. The van der Waals surface area contributed by atoms with E-state index in [1.165, 1.54) is 0 Å². The lowest BCUT2D eigenvalue weighted by Gasteiger charge is -2.18. The third-order valence-corrected chi connectivity index (χ3v) is 4.47. The fraction of sp³-hybridized carbons (Fsp3) is 0.632. The van der Waals surface area contributed by atoms with E-state index in [1.54, 1.807) is 25.1 Å². The van der Waals surface area contributed by atoms with Gasteiger partial charge in [0, 0.05) is 24.6 Å². The number of hydrogen-bond acceptors (Lipinski definition) is 4. The highest BCUT2D eigenvalue weighted by Gasteiger charge is 2.25. The van der Waals surface area contributed by atoms with E-state index < -0.39 is 6.61 Å². The minimum atomic E-state index is -2.94. The number of ether oxygens (including phenoxy) is 2. The van der Waals surface area contributed by atoms with Crippen LogP contribution in [0.1, 0.15) is 38.7 Å². The van der Waals surface area contributed by atoms with Crippen molar-refractivity contribution in [2.45, 2.75) is 52.4 Å². The molecule has 9 heteroatoms. The molecule has 0 heterocycles. The van der Waals surface area contributed by atoms with Crippen LogP contribution in [0.4, 0.5) is 8.78 Å². The number of alkyl halides is 2. The maximum absolute atomic E-state index is 12.8. The Balaban J connectivity index is 0.00000392. The van der Waals surface area contributed by atoms with Crippen molar-refractivity contribution in [2.24, 2.45) is 10.9 Å². The molecule has 1 aromatic rings. The van der Waals surface area contributed by atoms with Gasteiger partial charge in [-0.25, -0.2) is 4.99 Å². The Bertz CT molecular complexity index is 620. The molecule has 28 heavy (non-hydrogen) atoms. The summed E-state index contributed by atoms with van der Waals surface area (Å²) in [5.41, 5.74) is 0.513. The summed E-state index contributed by atoms with van der Waals surface area (Å²) in [6.45, 7) is 2.57. The minimum Gasteiger partial charge on any atom is -0.490 e. The number of benzene rings is 1. The van der Waals surface area contributed by atoms with Gasteiger partial charge in [0.15, 0.2) is 17.5 Å². The quantitative estimate of drug-likeness (QED) is 0.268. The van der Waals surface area contributed by atoms with Crippen molar-refractivity contribution in [3.8, 4) is 11.5 Å². The molecule has 2 atom stereocenters. The largest absolute Gasteiger partial charge is 0.490 e. The number of halogens is 3. The van der Waals surface area contributed by atoms with Crippen LogP contribution in [-0.4, -0.2) is 43.5 Å². The molecule has 1 aromatic carbocycles. The number of nitrogens with one attached hydrogen (secondary N) is 2. The lowest BCUT2D eigenvalue weighted by atomic mass is 10.1. The van der Waals surface area contributed by atoms with E-state index in [4.69, 9.17) is 4.74 Å². The number of aliphatic hydroxyl groups is 1. The molecule has 0 aromatic heterocycles. The van der Waals surface area contributed by atoms with Crippen LogP contribution in [0.25, 0.3) is 0 Å². The molecule has 2 unspecified atom stereocenters. The molecular formula is C19H30F2IN3O3. The van der Waals surface area contributed by atoms with Crippen molar-refractivity contribution >= 4 is 29.9 Å². The summed E-state index contributed by atoms with van der Waals surface area (Å²) in [6, 6.07) is 5.01. The van der Waals surface area contributed by atoms with E-state index in [2.05, 4.69) is 20.4 Å². The van der Waals surface area contributed by atoms with E-state index in [0.29, 0.717) is 31.2 Å². The summed E-state index contributed by atoms with van der Waals surface area (Å²) in [6.07, 6.45) is 2.56. The molecule has 1 aliphatic rings. The predicted octanol–water partition coefficient (Wildman–Crippen LogP) is 3.52. The van der Waals surface area contributed by atoms with Crippen LogP contribution in [0.2, 0.25) is 0 Å². The fourth-order valence-electron chi connectivity index (χ4n) is 3.17. The molecule has 1 saturated carbocycles. The van der Waals surface area contributed by atoms with Crippen molar-refractivity contribution < 1.29 is 23.4 Å². The van der Waals surface area contributed by atoms with E-state index in [-0.39, 0.29) is 54.0 Å². The van der Waals surface area contributed by atoms with Crippen LogP contribution in [-0.2, 0) is 6.54 Å². The average Bonchev–Trinajstić information content (AvgIpc) is 3.04. The zero-order valence-electron chi connectivity index (χ0n) is 16.3. The topological polar surface area (TPSA) is 75.1 Å². The van der Waals surface area contributed by atoms with Gasteiger partial charge in [0.1, 0.15) is 0 Å². The van der Waals surface area contributed by atoms with Crippen molar-refractivity contribution in [3.05, 3.63) is 23.8 Å². The zero-order valence-corrected chi connectivity index (χ0v) is 18.6. The first-order chi connectivity index (χ1) is 13.0. The lowest BCUT2D eigenvalue weighted by Crippen LogP contribution is -2.41. The zero-order chi connectivity index (χ0) is 19.6. The standard InChI is InChI=1S/C19H29F2N3O3.HI/c1-3-22-19(23-11-13-7-5-9-15(13)25)24-12-14-8-6-10-16(26-4-2)17(14)27-18(20)21;/h6,8,10,13,15,18,25H,3-5,7,9,11-12H2,1-2H3,(H2,22,23,24);1H. The molecule has 0 spiro atoms. The maximum atomic E-state index is 12.8. The minimum absolute atomic E-state index is 0. The van der Waals surface area contributed by atoms with Gasteiger partial charge in [0.2, 0.25) is 0 Å². The second kappa shape index (κ2) is 13.0. The molecule has 3 N–H and O–H groups in total. The Morgan fingerprint density at radius 1 is 1.29 bits per heavy atom. The summed E-state index contributed by atoms with van der Waals surface area (Å²) in [5, 5.41) is 16.3. The van der Waals surface area contributed by atoms with Gasteiger partial charge in [0.05, 0.1) is 19.3 Å². The molecule has 0 bridgehead atoms. The number of aliphatic hydroxyl groups excluding tert-OH is 1. The Kier molecular flexibility index (Phi) is 11.4. The van der Waals surface area contributed by atoms with Gasteiger partial charge in [0.25, 0.3) is 0 Å². The number of para-hydroxylation sites is 1. The maximum Gasteiger partial charge on any atom is 0.387 e. The highest BCUT2D eigenvalue weighted by molar-refractivity contribution is 14.0. The van der Waals surface area contributed by atoms with E-state index >= 15 is 0 Å². The van der Waals surface area contributed by atoms with Crippen LogP contribution in [0.5, 0.6) is 11.5 Å². The summed E-state index contributed by atoms with van der Waals surface area (Å²) in [7, 11) is 0. The fourth-order valence-corrected chi connectivity index (χ4v) is 3.17. The Labute approximate surface area is 182 Å². The first-order valence-corrected chi connectivity index (χ1v) is 9.44. The van der Waals surface area contributed by atoms with Crippen molar-refractivity contribution in [1.82, 2.24) is 10.6 Å². The van der Waals surface area contributed by atoms with Crippen LogP contribution < -0.4 is 20.1 Å². The van der Waals surface area contributed by atoms with Gasteiger partial charge in [-0.05, 0) is 32.8 Å². The van der Waals surface area contributed by atoms with Gasteiger partial charge < -0.3 is 25.2 Å². The first-order valence-electron chi connectivity index (χ1n) is 9.44. The van der Waals surface area contributed by atoms with Crippen LogP contribution in [0.3, 0.4) is 0 Å². The smallest absolute Gasteiger partial charge is 0.387 e. The van der Waals surface area contributed by atoms with Crippen molar-refractivity contribution in [1.29, 1.82) is 0 Å². The molecule has 0 radical (unpaired) electrons. The second-order valence-electron chi connectivity index (χ2n) is 6.39.